The van der Waals surface area contributed by atoms with Gasteiger partial charge in [-0.25, -0.2) is 5.01 Å². The lowest BCUT2D eigenvalue weighted by Gasteiger charge is -2.18. The fourth-order valence-electron chi connectivity index (χ4n) is 4.13. The molecule has 4 aromatic rings. The zero-order valence-electron chi connectivity index (χ0n) is 19.0. The molecule has 172 valence electrons. The number of aryl methyl sites for hydroxylation is 1. The van der Waals surface area contributed by atoms with E-state index in [4.69, 9.17) is 9.52 Å². The number of pyridine rings is 1. The van der Waals surface area contributed by atoms with E-state index >= 15 is 0 Å². The number of nitrogens with zero attached hydrogens (tertiary/aromatic N) is 3. The van der Waals surface area contributed by atoms with Gasteiger partial charge in [0, 0.05) is 18.6 Å². The average Bonchev–Trinajstić information content (AvgIpc) is 3.52. The fourth-order valence-corrected chi connectivity index (χ4v) is 4.13. The Morgan fingerprint density at radius 3 is 2.35 bits per heavy atom. The Labute approximate surface area is 205 Å². The zero-order valence-corrected chi connectivity index (χ0v) is 19.7. The summed E-state index contributed by atoms with van der Waals surface area (Å²) >= 11 is 0. The van der Waals surface area contributed by atoms with Gasteiger partial charge in [-0.1, -0.05) is 60.2 Å². The summed E-state index contributed by atoms with van der Waals surface area (Å²) in [4.78, 5) is 13.3. The second-order valence-corrected chi connectivity index (χ2v) is 8.43. The zero-order chi connectivity index (χ0) is 22.6. The van der Waals surface area contributed by atoms with Crippen LogP contribution in [0.3, 0.4) is 0 Å². The number of aromatic nitrogens is 1. The van der Waals surface area contributed by atoms with Crippen LogP contribution in [0.25, 0.3) is 0 Å². The molecule has 2 aromatic carbocycles. The SMILES string of the molecule is Cc1ccc(C2=NN(C(=O)C[n+]3ccc(Cc4ccccc4)cc3)C(c3ccco3)C2)cc1.[Cl-]. The molecule has 3 heterocycles. The minimum atomic E-state index is -0.234. The second-order valence-electron chi connectivity index (χ2n) is 8.43. The number of amides is 1. The van der Waals surface area contributed by atoms with Crippen molar-refractivity contribution >= 4 is 11.6 Å². The number of rotatable bonds is 6. The third-order valence-electron chi connectivity index (χ3n) is 5.95. The van der Waals surface area contributed by atoms with Crippen LogP contribution in [0.5, 0.6) is 0 Å². The van der Waals surface area contributed by atoms with E-state index < -0.39 is 0 Å². The van der Waals surface area contributed by atoms with E-state index in [1.807, 2.05) is 47.3 Å². The number of hydrazone groups is 1. The van der Waals surface area contributed by atoms with Crippen LogP contribution in [0.2, 0.25) is 0 Å². The third kappa shape index (κ3) is 5.26. The molecule has 1 aliphatic rings. The molecule has 0 saturated heterocycles. The van der Waals surface area contributed by atoms with Crippen LogP contribution in [0.15, 0.2) is 107 Å². The van der Waals surface area contributed by atoms with Crippen LogP contribution in [-0.4, -0.2) is 16.6 Å². The standard InChI is InChI=1S/C28H26N3O2.ClH/c1-21-9-11-24(12-10-21)25-19-26(27-8-5-17-33-27)31(29-25)28(32)20-30-15-13-23(14-16-30)18-22-6-3-2-4-7-22;/h2-17,26H,18-20H2,1H3;1H/q+1;/p-1. The van der Waals surface area contributed by atoms with Crippen LogP contribution in [0.1, 0.15) is 40.5 Å². The summed E-state index contributed by atoms with van der Waals surface area (Å²) < 4.78 is 7.55. The summed E-state index contributed by atoms with van der Waals surface area (Å²) in [6.07, 6.45) is 7.05. The Balaban J connectivity index is 0.00000274. The summed E-state index contributed by atoms with van der Waals surface area (Å²) in [5.74, 6) is 0.678. The molecule has 0 aliphatic carbocycles. The van der Waals surface area contributed by atoms with Gasteiger partial charge in [-0.05, 0) is 42.2 Å². The molecule has 0 saturated carbocycles. The molecule has 0 radical (unpaired) electrons. The highest BCUT2D eigenvalue weighted by Crippen LogP contribution is 2.33. The first-order chi connectivity index (χ1) is 16.2. The lowest BCUT2D eigenvalue weighted by Crippen LogP contribution is -3.00. The quantitative estimate of drug-likeness (QED) is 0.403. The van der Waals surface area contributed by atoms with Gasteiger partial charge in [-0.15, -0.1) is 0 Å². The Morgan fingerprint density at radius 2 is 1.68 bits per heavy atom. The third-order valence-corrected chi connectivity index (χ3v) is 5.95. The summed E-state index contributed by atoms with van der Waals surface area (Å²) in [5, 5.41) is 6.30. The predicted molar refractivity (Wildman–Crippen MR) is 127 cm³/mol. The number of hydrogen-bond acceptors (Lipinski definition) is 3. The van der Waals surface area contributed by atoms with Crippen molar-refractivity contribution in [2.75, 3.05) is 0 Å². The van der Waals surface area contributed by atoms with Gasteiger partial charge in [0.2, 0.25) is 6.54 Å². The Kier molecular flexibility index (Phi) is 7.24. The van der Waals surface area contributed by atoms with Crippen molar-refractivity contribution in [3.05, 3.63) is 126 Å². The number of carbonyl (C=O) groups is 1. The van der Waals surface area contributed by atoms with Crippen molar-refractivity contribution in [1.29, 1.82) is 0 Å². The van der Waals surface area contributed by atoms with Gasteiger partial charge in [-0.3, -0.25) is 4.79 Å². The molecule has 5 nitrogen and oxygen atoms in total. The molecule has 0 spiro atoms. The van der Waals surface area contributed by atoms with E-state index in [1.54, 1.807) is 11.3 Å². The highest BCUT2D eigenvalue weighted by Gasteiger charge is 2.36. The molecule has 34 heavy (non-hydrogen) atoms. The van der Waals surface area contributed by atoms with Gasteiger partial charge in [-0.2, -0.15) is 9.67 Å². The molecule has 2 aromatic heterocycles. The second kappa shape index (κ2) is 10.5. The maximum Gasteiger partial charge on any atom is 0.309 e. The first kappa shape index (κ1) is 23.5. The van der Waals surface area contributed by atoms with Gasteiger partial charge >= 0.3 is 5.91 Å². The minimum Gasteiger partial charge on any atom is -1.00 e. The number of furan rings is 1. The Bertz CT molecular complexity index is 1250. The van der Waals surface area contributed by atoms with Crippen LogP contribution in [0, 0.1) is 6.92 Å². The predicted octanol–water partition coefficient (Wildman–Crippen LogP) is 1.85. The minimum absolute atomic E-state index is 0. The van der Waals surface area contributed by atoms with Crippen molar-refractivity contribution in [2.24, 2.45) is 5.10 Å². The van der Waals surface area contributed by atoms with E-state index in [-0.39, 0.29) is 30.9 Å². The maximum atomic E-state index is 13.3. The molecule has 1 amide bonds. The van der Waals surface area contributed by atoms with Gasteiger partial charge in [0.25, 0.3) is 0 Å². The molecule has 0 N–H and O–H groups in total. The van der Waals surface area contributed by atoms with Crippen molar-refractivity contribution in [3.63, 3.8) is 0 Å². The fraction of sp³-hybridized carbons (Fsp3) is 0.179. The number of hydrogen-bond donors (Lipinski definition) is 0. The molecule has 6 heteroatoms. The number of halogens is 1. The maximum absolute atomic E-state index is 13.3. The van der Waals surface area contributed by atoms with Crippen LogP contribution in [-0.2, 0) is 17.8 Å². The molecular formula is C28H26ClN3O2. The molecule has 5 rings (SSSR count). The Morgan fingerprint density at radius 1 is 0.971 bits per heavy atom. The smallest absolute Gasteiger partial charge is 0.309 e. The molecule has 1 unspecified atom stereocenters. The highest BCUT2D eigenvalue weighted by molar-refractivity contribution is 6.03. The van der Waals surface area contributed by atoms with E-state index in [0.29, 0.717) is 6.42 Å². The monoisotopic (exact) mass is 471 g/mol. The van der Waals surface area contributed by atoms with E-state index in [9.17, 15) is 4.79 Å². The normalized spacial score (nSPS) is 15.0. The summed E-state index contributed by atoms with van der Waals surface area (Å²) in [6, 6.07) is 26.3. The van der Waals surface area contributed by atoms with Crippen molar-refractivity contribution in [2.45, 2.75) is 32.4 Å². The van der Waals surface area contributed by atoms with Gasteiger partial charge in [0.05, 0.1) is 12.0 Å². The number of carbonyl (C=O) groups excluding carboxylic acids is 1. The molecule has 0 bridgehead atoms. The van der Waals surface area contributed by atoms with Crippen LogP contribution >= 0.6 is 0 Å². The topological polar surface area (TPSA) is 49.7 Å². The molecule has 1 atom stereocenters. The largest absolute Gasteiger partial charge is 1.00 e. The summed E-state index contributed by atoms with van der Waals surface area (Å²) in [5.41, 5.74) is 5.60. The van der Waals surface area contributed by atoms with Gasteiger partial charge in [0.15, 0.2) is 12.4 Å². The van der Waals surface area contributed by atoms with Gasteiger partial charge < -0.3 is 16.8 Å². The van der Waals surface area contributed by atoms with Crippen LogP contribution < -0.4 is 17.0 Å². The van der Waals surface area contributed by atoms with Crippen molar-refractivity contribution in [3.8, 4) is 0 Å². The summed E-state index contributed by atoms with van der Waals surface area (Å²) in [6.45, 7) is 2.28. The van der Waals surface area contributed by atoms with Crippen molar-refractivity contribution < 1.29 is 26.2 Å². The van der Waals surface area contributed by atoms with E-state index in [0.717, 1.165) is 23.5 Å². The van der Waals surface area contributed by atoms with Gasteiger partial charge in [0.1, 0.15) is 11.8 Å². The summed E-state index contributed by atoms with van der Waals surface area (Å²) in [7, 11) is 0. The van der Waals surface area contributed by atoms with E-state index in [1.165, 1.54) is 16.7 Å². The first-order valence-corrected chi connectivity index (χ1v) is 11.2. The molecule has 0 fully saturated rings. The Hall–Kier alpha value is -3.70. The molecular weight excluding hydrogens is 446 g/mol. The van der Waals surface area contributed by atoms with Crippen LogP contribution in [0.4, 0.5) is 0 Å². The first-order valence-electron chi connectivity index (χ1n) is 11.2. The van der Waals surface area contributed by atoms with E-state index in [2.05, 4.69) is 55.5 Å². The highest BCUT2D eigenvalue weighted by atomic mass is 35.5. The average molecular weight is 472 g/mol. The molecule has 1 aliphatic heterocycles. The lowest BCUT2D eigenvalue weighted by molar-refractivity contribution is -0.685. The number of benzene rings is 2. The van der Waals surface area contributed by atoms with Crippen molar-refractivity contribution in [1.82, 2.24) is 5.01 Å². The lowest BCUT2D eigenvalue weighted by atomic mass is 10.0.